The van der Waals surface area contributed by atoms with Gasteiger partial charge in [-0.25, -0.2) is 9.18 Å². The van der Waals surface area contributed by atoms with Gasteiger partial charge in [0.2, 0.25) is 0 Å². The number of ether oxygens (including phenoxy) is 1. The molecule has 16 heavy (non-hydrogen) atoms. The van der Waals surface area contributed by atoms with Crippen LogP contribution in [-0.4, -0.2) is 12.6 Å². The van der Waals surface area contributed by atoms with Gasteiger partial charge >= 0.3 is 5.97 Å². The van der Waals surface area contributed by atoms with Gasteiger partial charge in [0, 0.05) is 5.69 Å². The number of rotatable bonds is 4. The van der Waals surface area contributed by atoms with Crippen molar-refractivity contribution < 1.29 is 13.9 Å². The van der Waals surface area contributed by atoms with Crippen molar-refractivity contribution in [2.24, 2.45) is 5.92 Å². The van der Waals surface area contributed by atoms with Crippen LogP contribution in [0, 0.1) is 11.7 Å². The van der Waals surface area contributed by atoms with Crippen LogP contribution in [0.5, 0.6) is 0 Å². The third-order valence-electron chi connectivity index (χ3n) is 2.61. The standard InChI is InChI=1S/C12H14FNO2/c13-10-5-9(6-11(14)7-10)12(15)16-4-3-8-1-2-8/h5-8H,1-4,14H2. The molecule has 0 aliphatic heterocycles. The summed E-state index contributed by atoms with van der Waals surface area (Å²) in [5.41, 5.74) is 5.84. The van der Waals surface area contributed by atoms with Crippen LogP contribution < -0.4 is 5.73 Å². The minimum Gasteiger partial charge on any atom is -0.462 e. The SMILES string of the molecule is Nc1cc(F)cc(C(=O)OCCC2CC2)c1. The zero-order chi connectivity index (χ0) is 11.5. The number of nitrogen functional groups attached to an aromatic ring is 1. The van der Waals surface area contributed by atoms with Gasteiger partial charge in [0.05, 0.1) is 12.2 Å². The Balaban J connectivity index is 1.91. The quantitative estimate of drug-likeness (QED) is 0.629. The van der Waals surface area contributed by atoms with E-state index in [2.05, 4.69) is 0 Å². The van der Waals surface area contributed by atoms with Crippen molar-refractivity contribution >= 4 is 11.7 Å². The molecule has 0 saturated heterocycles. The van der Waals surface area contributed by atoms with Gasteiger partial charge in [0.1, 0.15) is 5.82 Å². The van der Waals surface area contributed by atoms with Gasteiger partial charge in [0.25, 0.3) is 0 Å². The van der Waals surface area contributed by atoms with Crippen molar-refractivity contribution in [1.29, 1.82) is 0 Å². The lowest BCUT2D eigenvalue weighted by molar-refractivity contribution is 0.0494. The number of halogens is 1. The van der Waals surface area contributed by atoms with Crippen LogP contribution in [0.2, 0.25) is 0 Å². The summed E-state index contributed by atoms with van der Waals surface area (Å²) in [5.74, 6) is -0.314. The summed E-state index contributed by atoms with van der Waals surface area (Å²) in [6.45, 7) is 0.403. The van der Waals surface area contributed by atoms with Crippen molar-refractivity contribution in [1.82, 2.24) is 0 Å². The molecule has 1 aromatic carbocycles. The molecule has 3 nitrogen and oxygen atoms in total. The number of esters is 1. The minimum atomic E-state index is -0.519. The van der Waals surface area contributed by atoms with Crippen molar-refractivity contribution in [3.8, 4) is 0 Å². The van der Waals surface area contributed by atoms with Gasteiger partial charge in [-0.2, -0.15) is 0 Å². The molecule has 2 N–H and O–H groups in total. The molecule has 1 aliphatic rings. The summed E-state index contributed by atoms with van der Waals surface area (Å²) in [6.07, 6.45) is 3.35. The molecule has 0 atom stereocenters. The lowest BCUT2D eigenvalue weighted by Gasteiger charge is -2.05. The first-order valence-corrected chi connectivity index (χ1v) is 5.38. The van der Waals surface area contributed by atoms with Crippen LogP contribution in [0.25, 0.3) is 0 Å². The zero-order valence-electron chi connectivity index (χ0n) is 8.91. The summed E-state index contributed by atoms with van der Waals surface area (Å²) < 4.78 is 18.0. The van der Waals surface area contributed by atoms with E-state index in [1.165, 1.54) is 25.0 Å². The Hall–Kier alpha value is -1.58. The van der Waals surface area contributed by atoms with Gasteiger partial charge in [-0.15, -0.1) is 0 Å². The highest BCUT2D eigenvalue weighted by Gasteiger charge is 2.21. The Morgan fingerprint density at radius 3 is 2.81 bits per heavy atom. The van der Waals surface area contributed by atoms with Crippen LogP contribution in [0.4, 0.5) is 10.1 Å². The minimum absolute atomic E-state index is 0.174. The summed E-state index contributed by atoms with van der Waals surface area (Å²) in [6, 6.07) is 3.72. The fraction of sp³-hybridized carbons (Fsp3) is 0.417. The van der Waals surface area contributed by atoms with E-state index in [1.807, 2.05) is 0 Å². The van der Waals surface area contributed by atoms with E-state index in [-0.39, 0.29) is 11.3 Å². The molecule has 0 radical (unpaired) electrons. The molecular weight excluding hydrogens is 209 g/mol. The Morgan fingerprint density at radius 1 is 1.44 bits per heavy atom. The Bertz CT molecular complexity index is 382. The molecule has 0 unspecified atom stereocenters. The van der Waals surface area contributed by atoms with E-state index in [0.29, 0.717) is 12.5 Å². The molecule has 0 spiro atoms. The highest BCUT2D eigenvalue weighted by Crippen LogP contribution is 2.32. The van der Waals surface area contributed by atoms with Gasteiger partial charge in [-0.1, -0.05) is 12.8 Å². The third-order valence-corrected chi connectivity index (χ3v) is 2.61. The fourth-order valence-electron chi connectivity index (χ4n) is 1.54. The van der Waals surface area contributed by atoms with Crippen LogP contribution in [0.15, 0.2) is 18.2 Å². The van der Waals surface area contributed by atoms with Gasteiger partial charge in [0.15, 0.2) is 0 Å². The lowest BCUT2D eigenvalue weighted by atomic mass is 10.2. The highest BCUT2D eigenvalue weighted by molar-refractivity contribution is 5.90. The summed E-state index contributed by atoms with van der Waals surface area (Å²) in [7, 11) is 0. The van der Waals surface area contributed by atoms with Crippen molar-refractivity contribution in [3.63, 3.8) is 0 Å². The van der Waals surface area contributed by atoms with E-state index in [4.69, 9.17) is 10.5 Å². The second kappa shape index (κ2) is 4.51. The molecule has 1 aromatic rings. The van der Waals surface area contributed by atoms with Gasteiger partial charge in [-0.05, 0) is 30.5 Å². The van der Waals surface area contributed by atoms with Crippen molar-refractivity contribution in [2.45, 2.75) is 19.3 Å². The summed E-state index contributed by atoms with van der Waals surface area (Å²) in [4.78, 5) is 11.5. The Morgan fingerprint density at radius 2 is 2.19 bits per heavy atom. The van der Waals surface area contributed by atoms with Crippen LogP contribution in [0.1, 0.15) is 29.6 Å². The molecule has 1 fully saturated rings. The number of nitrogens with two attached hydrogens (primary N) is 1. The maximum absolute atomic E-state index is 13.0. The number of benzene rings is 1. The molecule has 0 aromatic heterocycles. The number of carbonyl (C=O) groups is 1. The summed E-state index contributed by atoms with van der Waals surface area (Å²) in [5, 5.41) is 0. The van der Waals surface area contributed by atoms with E-state index < -0.39 is 11.8 Å². The molecule has 1 saturated carbocycles. The van der Waals surface area contributed by atoms with E-state index >= 15 is 0 Å². The van der Waals surface area contributed by atoms with E-state index in [9.17, 15) is 9.18 Å². The zero-order valence-corrected chi connectivity index (χ0v) is 8.91. The number of hydrogen-bond donors (Lipinski definition) is 1. The lowest BCUT2D eigenvalue weighted by Crippen LogP contribution is -2.08. The maximum Gasteiger partial charge on any atom is 0.338 e. The number of carbonyl (C=O) groups excluding carboxylic acids is 1. The predicted octanol–water partition coefficient (Wildman–Crippen LogP) is 2.36. The topological polar surface area (TPSA) is 52.3 Å². The first-order chi connectivity index (χ1) is 7.65. The van der Waals surface area contributed by atoms with Crippen LogP contribution >= 0.6 is 0 Å². The summed E-state index contributed by atoms with van der Waals surface area (Å²) >= 11 is 0. The normalized spacial score (nSPS) is 14.8. The van der Waals surface area contributed by atoms with Gasteiger partial charge in [-0.3, -0.25) is 0 Å². The predicted molar refractivity (Wildman–Crippen MR) is 58.4 cm³/mol. The average molecular weight is 223 g/mol. The van der Waals surface area contributed by atoms with Crippen molar-refractivity contribution in [3.05, 3.63) is 29.6 Å². The van der Waals surface area contributed by atoms with Crippen LogP contribution in [0.3, 0.4) is 0 Å². The monoisotopic (exact) mass is 223 g/mol. The first kappa shape index (κ1) is 10.9. The van der Waals surface area contributed by atoms with Crippen molar-refractivity contribution in [2.75, 3.05) is 12.3 Å². The second-order valence-electron chi connectivity index (χ2n) is 4.14. The third kappa shape index (κ3) is 2.95. The molecule has 2 rings (SSSR count). The molecule has 86 valence electrons. The highest BCUT2D eigenvalue weighted by atomic mass is 19.1. The maximum atomic E-state index is 13.0. The Labute approximate surface area is 93.4 Å². The second-order valence-corrected chi connectivity index (χ2v) is 4.14. The Kier molecular flexibility index (Phi) is 3.08. The molecule has 4 heteroatoms. The largest absolute Gasteiger partial charge is 0.462 e. The molecular formula is C12H14FNO2. The van der Waals surface area contributed by atoms with Gasteiger partial charge < -0.3 is 10.5 Å². The fourth-order valence-corrected chi connectivity index (χ4v) is 1.54. The molecule has 0 amide bonds. The molecule has 0 heterocycles. The number of hydrogen-bond acceptors (Lipinski definition) is 3. The average Bonchev–Trinajstić information content (AvgIpc) is 3.00. The first-order valence-electron chi connectivity index (χ1n) is 5.38. The smallest absolute Gasteiger partial charge is 0.338 e. The number of anilines is 1. The molecule has 1 aliphatic carbocycles. The molecule has 0 bridgehead atoms. The van der Waals surface area contributed by atoms with E-state index in [0.717, 1.165) is 12.5 Å². The van der Waals surface area contributed by atoms with E-state index in [1.54, 1.807) is 0 Å². The van der Waals surface area contributed by atoms with Crippen LogP contribution in [-0.2, 0) is 4.74 Å².